The van der Waals surface area contributed by atoms with Gasteiger partial charge in [0.2, 0.25) is 11.8 Å². The molecule has 0 aliphatic rings. The minimum atomic E-state index is -0.571. The highest BCUT2D eigenvalue weighted by Crippen LogP contribution is 2.23. The van der Waals surface area contributed by atoms with Crippen LogP contribution >= 0.6 is 0 Å². The molecule has 2 aromatic carbocycles. The second-order valence-electron chi connectivity index (χ2n) is 11.5. The lowest BCUT2D eigenvalue weighted by molar-refractivity contribution is -0.124. The Hall–Kier alpha value is -3.85. The first-order valence-electron chi connectivity index (χ1n) is 13.6. The number of fused-ring (bicyclic) bond motifs is 1. The number of anilines is 1. The lowest BCUT2D eigenvalue weighted by Crippen LogP contribution is -2.45. The molecule has 1 aromatic heterocycles. The fourth-order valence-electron chi connectivity index (χ4n) is 4.43. The van der Waals surface area contributed by atoms with Gasteiger partial charge < -0.3 is 30.6 Å². The van der Waals surface area contributed by atoms with Gasteiger partial charge in [-0.1, -0.05) is 12.1 Å². The van der Waals surface area contributed by atoms with Gasteiger partial charge in [-0.05, 0) is 89.3 Å². The summed E-state index contributed by atoms with van der Waals surface area (Å²) in [5.74, 6) is -0.101. The van der Waals surface area contributed by atoms with E-state index in [0.29, 0.717) is 61.2 Å². The zero-order valence-corrected chi connectivity index (χ0v) is 24.1. The number of phenols is 1. The average Bonchev–Trinajstić information content (AvgIpc) is 2.86. The molecule has 0 radical (unpaired) electrons. The fourth-order valence-corrected chi connectivity index (χ4v) is 4.43. The maximum Gasteiger partial charge on any atom is 0.340 e. The van der Waals surface area contributed by atoms with Gasteiger partial charge in [0.25, 0.3) is 0 Å². The molecule has 5 N–H and O–H groups in total. The quantitative estimate of drug-likeness (QED) is 0.185. The summed E-state index contributed by atoms with van der Waals surface area (Å²) in [7, 11) is 0. The van der Waals surface area contributed by atoms with Gasteiger partial charge in [0.15, 0.2) is 0 Å². The molecule has 9 nitrogen and oxygen atoms in total. The maximum atomic E-state index is 12.8. The number of hydrogen-bond donors (Lipinski definition) is 4. The van der Waals surface area contributed by atoms with Gasteiger partial charge in [0, 0.05) is 42.3 Å². The topological polar surface area (TPSA) is 144 Å². The number of carbonyl (C=O) groups excluding carboxylic acids is 2. The summed E-state index contributed by atoms with van der Waals surface area (Å²) >= 11 is 0. The first-order chi connectivity index (χ1) is 18.7. The number of amides is 2. The van der Waals surface area contributed by atoms with Crippen molar-refractivity contribution < 1.29 is 23.8 Å². The molecular weight excluding hydrogens is 510 g/mol. The summed E-state index contributed by atoms with van der Waals surface area (Å²) in [6.07, 6.45) is 2.03. The number of carbonyl (C=O) groups is 2. The van der Waals surface area contributed by atoms with Crippen molar-refractivity contribution in [3.63, 3.8) is 0 Å². The lowest BCUT2D eigenvalue weighted by atomic mass is 9.98. The van der Waals surface area contributed by atoms with Crippen LogP contribution in [0.5, 0.6) is 5.75 Å². The van der Waals surface area contributed by atoms with E-state index in [0.717, 1.165) is 10.9 Å². The van der Waals surface area contributed by atoms with Crippen LogP contribution in [0.3, 0.4) is 0 Å². The Labute approximate surface area is 235 Å². The zero-order valence-electron chi connectivity index (χ0n) is 24.1. The van der Waals surface area contributed by atoms with Crippen LogP contribution in [0.1, 0.15) is 63.6 Å². The molecule has 216 valence electrons. The van der Waals surface area contributed by atoms with E-state index in [4.69, 9.17) is 14.9 Å². The number of aromatic hydroxyl groups is 1. The molecule has 0 unspecified atom stereocenters. The van der Waals surface area contributed by atoms with Crippen molar-refractivity contribution >= 4 is 28.5 Å². The Balaban J connectivity index is 1.42. The number of nitrogens with two attached hydrogens (primary N) is 1. The third-order valence-electron chi connectivity index (χ3n) is 6.97. The molecule has 0 saturated carbocycles. The average molecular weight is 552 g/mol. The van der Waals surface area contributed by atoms with Crippen molar-refractivity contribution in [2.75, 3.05) is 18.9 Å². The standard InChI is InChI=1S/C31H41N3O6/c1-20-24-11-8-22(32)18-26(24)40-29(38)25(20)19-28(37)34-30(2,3)15-17-39-31(4,5)14-12-27(36)33-16-13-21-6-9-23(35)10-7-21/h6-11,18,35H,12-17,19,32H2,1-5H3,(H,33,36)(H,34,37). The maximum absolute atomic E-state index is 12.8. The van der Waals surface area contributed by atoms with Crippen LogP contribution in [0.25, 0.3) is 11.0 Å². The predicted octanol–water partition coefficient (Wildman–Crippen LogP) is 4.15. The van der Waals surface area contributed by atoms with Crippen LogP contribution in [0.15, 0.2) is 51.7 Å². The van der Waals surface area contributed by atoms with Gasteiger partial charge in [0.05, 0.1) is 17.6 Å². The van der Waals surface area contributed by atoms with E-state index in [1.165, 1.54) is 0 Å². The van der Waals surface area contributed by atoms with E-state index in [-0.39, 0.29) is 24.0 Å². The summed E-state index contributed by atoms with van der Waals surface area (Å²) < 4.78 is 11.5. The van der Waals surface area contributed by atoms with Gasteiger partial charge in [-0.25, -0.2) is 4.79 Å². The number of aryl methyl sites for hydroxylation is 1. The number of rotatable bonds is 13. The molecule has 3 aromatic rings. The molecule has 0 spiro atoms. The van der Waals surface area contributed by atoms with E-state index >= 15 is 0 Å². The van der Waals surface area contributed by atoms with Gasteiger partial charge in [-0.2, -0.15) is 0 Å². The molecule has 40 heavy (non-hydrogen) atoms. The largest absolute Gasteiger partial charge is 0.508 e. The molecule has 1 heterocycles. The minimum absolute atomic E-state index is 0.0417. The molecule has 0 bridgehead atoms. The van der Waals surface area contributed by atoms with Crippen LogP contribution in [-0.2, 0) is 27.2 Å². The molecule has 0 atom stereocenters. The molecule has 0 aliphatic heterocycles. The predicted molar refractivity (Wildman–Crippen MR) is 156 cm³/mol. The van der Waals surface area contributed by atoms with E-state index in [2.05, 4.69) is 10.6 Å². The fraction of sp³-hybridized carbons (Fsp3) is 0.452. The van der Waals surface area contributed by atoms with Crippen molar-refractivity contribution in [2.24, 2.45) is 0 Å². The van der Waals surface area contributed by atoms with Crippen molar-refractivity contribution in [3.05, 3.63) is 69.6 Å². The molecule has 9 heteroatoms. The van der Waals surface area contributed by atoms with E-state index in [1.807, 2.05) is 39.8 Å². The monoisotopic (exact) mass is 551 g/mol. The lowest BCUT2D eigenvalue weighted by Gasteiger charge is -2.30. The number of nitrogen functional groups attached to an aromatic ring is 1. The third-order valence-corrected chi connectivity index (χ3v) is 6.97. The first kappa shape index (κ1) is 30.7. The highest BCUT2D eigenvalue weighted by molar-refractivity contribution is 5.86. The highest BCUT2D eigenvalue weighted by Gasteiger charge is 2.25. The van der Waals surface area contributed by atoms with Gasteiger partial charge in [-0.15, -0.1) is 0 Å². The zero-order chi connectivity index (χ0) is 29.5. The number of nitrogens with one attached hydrogen (secondary N) is 2. The Morgan fingerprint density at radius 1 is 1.02 bits per heavy atom. The van der Waals surface area contributed by atoms with Crippen molar-refractivity contribution in [3.8, 4) is 5.75 Å². The summed E-state index contributed by atoms with van der Waals surface area (Å²) in [5, 5.41) is 16.0. The molecule has 0 aliphatic carbocycles. The first-order valence-corrected chi connectivity index (χ1v) is 13.6. The van der Waals surface area contributed by atoms with E-state index < -0.39 is 16.8 Å². The van der Waals surface area contributed by atoms with Crippen LogP contribution in [0, 0.1) is 6.92 Å². The molecule has 0 saturated heterocycles. The van der Waals surface area contributed by atoms with Crippen LogP contribution < -0.4 is 22.0 Å². The summed E-state index contributed by atoms with van der Waals surface area (Å²) in [6.45, 7) is 10.4. The number of hydrogen-bond acceptors (Lipinski definition) is 7. The van der Waals surface area contributed by atoms with Crippen molar-refractivity contribution in [1.82, 2.24) is 10.6 Å². The molecule has 0 fully saturated rings. The Kier molecular flexibility index (Phi) is 9.98. The Bertz CT molecular complexity index is 1390. The SMILES string of the molecule is Cc1c(CC(=O)NC(C)(C)CCOC(C)(C)CCC(=O)NCCc2ccc(O)cc2)c(=O)oc2cc(N)ccc12. The minimum Gasteiger partial charge on any atom is -0.508 e. The second-order valence-corrected chi connectivity index (χ2v) is 11.5. The van der Waals surface area contributed by atoms with Gasteiger partial charge in [0.1, 0.15) is 11.3 Å². The highest BCUT2D eigenvalue weighted by atomic mass is 16.5. The van der Waals surface area contributed by atoms with Gasteiger partial charge in [-0.3, -0.25) is 9.59 Å². The number of phenolic OH excluding ortho intramolecular Hbond substituents is 1. The normalized spacial score (nSPS) is 11.9. The van der Waals surface area contributed by atoms with Crippen LogP contribution in [0.4, 0.5) is 5.69 Å². The second kappa shape index (κ2) is 13.0. The van der Waals surface area contributed by atoms with Crippen molar-refractivity contribution in [1.29, 1.82) is 0 Å². The molecule has 3 rings (SSSR count). The van der Waals surface area contributed by atoms with Crippen LogP contribution in [-0.4, -0.2) is 41.2 Å². The summed E-state index contributed by atoms with van der Waals surface area (Å²) in [6, 6.07) is 12.0. The third kappa shape index (κ3) is 9.12. The van der Waals surface area contributed by atoms with Crippen LogP contribution in [0.2, 0.25) is 0 Å². The van der Waals surface area contributed by atoms with E-state index in [1.54, 1.807) is 37.3 Å². The smallest absolute Gasteiger partial charge is 0.340 e. The Morgan fingerprint density at radius 2 is 1.73 bits per heavy atom. The molecule has 2 amide bonds. The van der Waals surface area contributed by atoms with E-state index in [9.17, 15) is 19.5 Å². The number of benzene rings is 2. The Morgan fingerprint density at radius 3 is 2.42 bits per heavy atom. The molecular formula is C31H41N3O6. The van der Waals surface area contributed by atoms with Crippen molar-refractivity contribution in [2.45, 2.75) is 77.9 Å². The van der Waals surface area contributed by atoms with Gasteiger partial charge >= 0.3 is 5.63 Å². The number of ether oxygens (including phenoxy) is 1. The summed E-state index contributed by atoms with van der Waals surface area (Å²) in [5.41, 5.74) is 7.12. The summed E-state index contributed by atoms with van der Waals surface area (Å²) in [4.78, 5) is 37.7.